The Labute approximate surface area is 149 Å². The molecule has 0 aliphatic carbocycles. The second kappa shape index (κ2) is 9.99. The van der Waals surface area contributed by atoms with Gasteiger partial charge in [0.05, 0.1) is 0 Å². The number of benzene rings is 1. The molecule has 1 fully saturated rings. The van der Waals surface area contributed by atoms with Crippen LogP contribution in [0.4, 0.5) is 4.39 Å². The fourth-order valence-corrected chi connectivity index (χ4v) is 2.81. The summed E-state index contributed by atoms with van der Waals surface area (Å²) in [6.45, 7) is 5.96. The van der Waals surface area contributed by atoms with Crippen molar-refractivity contribution in [2.24, 2.45) is 4.99 Å². The first-order chi connectivity index (χ1) is 10.2. The van der Waals surface area contributed by atoms with E-state index in [1.807, 2.05) is 6.07 Å². The number of likely N-dealkylation sites (tertiary alicyclic amines) is 1. The summed E-state index contributed by atoms with van der Waals surface area (Å²) in [5, 5.41) is 6.59. The molecule has 0 bridgehead atoms. The third kappa shape index (κ3) is 5.72. The van der Waals surface area contributed by atoms with Gasteiger partial charge in [-0.25, -0.2) is 4.39 Å². The number of halogens is 2. The Morgan fingerprint density at radius 1 is 1.41 bits per heavy atom. The highest BCUT2D eigenvalue weighted by atomic mass is 127. The summed E-state index contributed by atoms with van der Waals surface area (Å²) in [5.74, 6) is 0.559. The molecular weight excluding hydrogens is 394 g/mol. The maximum atomic E-state index is 13.1. The van der Waals surface area contributed by atoms with E-state index in [1.165, 1.54) is 31.5 Å². The summed E-state index contributed by atoms with van der Waals surface area (Å²) < 4.78 is 13.1. The largest absolute Gasteiger partial charge is 0.355 e. The van der Waals surface area contributed by atoms with E-state index in [-0.39, 0.29) is 29.8 Å². The van der Waals surface area contributed by atoms with Gasteiger partial charge in [-0.3, -0.25) is 9.89 Å². The van der Waals surface area contributed by atoms with E-state index in [1.54, 1.807) is 13.1 Å². The average molecular weight is 420 g/mol. The van der Waals surface area contributed by atoms with E-state index >= 15 is 0 Å². The van der Waals surface area contributed by atoms with Crippen molar-refractivity contribution in [2.45, 2.75) is 32.4 Å². The lowest BCUT2D eigenvalue weighted by molar-refractivity contribution is 0.267. The van der Waals surface area contributed by atoms with Crippen molar-refractivity contribution in [1.82, 2.24) is 15.5 Å². The van der Waals surface area contributed by atoms with Crippen molar-refractivity contribution in [2.75, 3.05) is 26.7 Å². The summed E-state index contributed by atoms with van der Waals surface area (Å²) in [4.78, 5) is 6.71. The van der Waals surface area contributed by atoms with Crippen LogP contribution in [0.3, 0.4) is 0 Å². The first-order valence-electron chi connectivity index (χ1n) is 7.66. The van der Waals surface area contributed by atoms with E-state index in [9.17, 15) is 4.39 Å². The van der Waals surface area contributed by atoms with Gasteiger partial charge in [-0.05, 0) is 43.6 Å². The standard InChI is InChI=1S/C16H25FN4.HI/c1-3-21-9-5-8-15(21)12-20-16(18-2)19-11-13-6-4-7-14(17)10-13;/h4,6-7,10,15H,3,5,8-9,11-12H2,1-2H3,(H2,18,19,20);1H. The summed E-state index contributed by atoms with van der Waals surface area (Å²) in [6.07, 6.45) is 2.51. The monoisotopic (exact) mass is 420 g/mol. The number of guanidine groups is 1. The summed E-state index contributed by atoms with van der Waals surface area (Å²) in [7, 11) is 1.76. The zero-order valence-corrected chi connectivity index (χ0v) is 15.6. The second-order valence-corrected chi connectivity index (χ2v) is 5.36. The molecule has 1 heterocycles. The third-order valence-electron chi connectivity index (χ3n) is 3.98. The minimum atomic E-state index is -0.207. The number of rotatable bonds is 5. The van der Waals surface area contributed by atoms with Crippen LogP contribution in [0.1, 0.15) is 25.3 Å². The number of aliphatic imine (C=N–C) groups is 1. The van der Waals surface area contributed by atoms with Gasteiger partial charge in [0.25, 0.3) is 0 Å². The SMILES string of the molecule is CCN1CCCC1CNC(=NC)NCc1cccc(F)c1.I. The molecule has 1 aromatic rings. The van der Waals surface area contributed by atoms with E-state index in [0.29, 0.717) is 12.6 Å². The van der Waals surface area contributed by atoms with Crippen molar-refractivity contribution in [1.29, 1.82) is 0 Å². The quantitative estimate of drug-likeness (QED) is 0.437. The highest BCUT2D eigenvalue weighted by Gasteiger charge is 2.22. The first kappa shape index (κ1) is 19.2. The Kier molecular flexibility index (Phi) is 8.70. The molecule has 0 spiro atoms. The van der Waals surface area contributed by atoms with E-state index in [4.69, 9.17) is 0 Å². The van der Waals surface area contributed by atoms with Crippen molar-refractivity contribution >= 4 is 29.9 Å². The molecule has 1 saturated heterocycles. The van der Waals surface area contributed by atoms with Crippen LogP contribution in [0, 0.1) is 5.82 Å². The number of hydrogen-bond donors (Lipinski definition) is 2. The van der Waals surface area contributed by atoms with Crippen molar-refractivity contribution in [3.8, 4) is 0 Å². The predicted molar refractivity (Wildman–Crippen MR) is 100 cm³/mol. The molecule has 6 heteroatoms. The second-order valence-electron chi connectivity index (χ2n) is 5.36. The van der Waals surface area contributed by atoms with Crippen molar-refractivity contribution in [3.05, 3.63) is 35.6 Å². The van der Waals surface area contributed by atoms with Crippen LogP contribution in [0.25, 0.3) is 0 Å². The normalized spacial score (nSPS) is 18.9. The van der Waals surface area contributed by atoms with Gasteiger partial charge < -0.3 is 10.6 Å². The average Bonchev–Trinajstić information content (AvgIpc) is 2.95. The molecule has 2 rings (SSSR count). The smallest absolute Gasteiger partial charge is 0.191 e. The van der Waals surface area contributed by atoms with Gasteiger partial charge in [0, 0.05) is 26.2 Å². The summed E-state index contributed by atoms with van der Waals surface area (Å²) in [6, 6.07) is 7.20. The predicted octanol–water partition coefficient (Wildman–Crippen LogP) is 2.59. The molecule has 22 heavy (non-hydrogen) atoms. The van der Waals surface area contributed by atoms with Crippen molar-refractivity contribution < 1.29 is 4.39 Å². The number of hydrogen-bond acceptors (Lipinski definition) is 2. The van der Waals surface area contributed by atoms with E-state index < -0.39 is 0 Å². The Hall–Kier alpha value is -0.890. The van der Waals surface area contributed by atoms with E-state index in [0.717, 1.165) is 24.6 Å². The van der Waals surface area contributed by atoms with Crippen LogP contribution in [0.15, 0.2) is 29.3 Å². The maximum absolute atomic E-state index is 13.1. The van der Waals surface area contributed by atoms with Gasteiger partial charge in [-0.15, -0.1) is 24.0 Å². The highest BCUT2D eigenvalue weighted by Crippen LogP contribution is 2.15. The van der Waals surface area contributed by atoms with Crippen LogP contribution in [-0.4, -0.2) is 43.6 Å². The molecule has 4 nitrogen and oxygen atoms in total. The molecule has 0 saturated carbocycles. The van der Waals surface area contributed by atoms with Gasteiger partial charge in [0.1, 0.15) is 5.82 Å². The lowest BCUT2D eigenvalue weighted by Gasteiger charge is -2.24. The summed E-state index contributed by atoms with van der Waals surface area (Å²) >= 11 is 0. The number of likely N-dealkylation sites (N-methyl/N-ethyl adjacent to an activating group) is 1. The number of nitrogens with one attached hydrogen (secondary N) is 2. The lowest BCUT2D eigenvalue weighted by atomic mass is 10.2. The fourth-order valence-electron chi connectivity index (χ4n) is 2.81. The van der Waals surface area contributed by atoms with Crippen LogP contribution in [0.2, 0.25) is 0 Å². The van der Waals surface area contributed by atoms with Gasteiger partial charge in [0.2, 0.25) is 0 Å². The van der Waals surface area contributed by atoms with Gasteiger partial charge in [-0.2, -0.15) is 0 Å². The van der Waals surface area contributed by atoms with Crippen LogP contribution < -0.4 is 10.6 Å². The molecule has 0 aromatic heterocycles. The minimum Gasteiger partial charge on any atom is -0.355 e. The molecular formula is C16H26FIN4. The van der Waals surface area contributed by atoms with E-state index in [2.05, 4.69) is 27.4 Å². The van der Waals surface area contributed by atoms with Gasteiger partial charge >= 0.3 is 0 Å². The minimum absolute atomic E-state index is 0. The molecule has 124 valence electrons. The lowest BCUT2D eigenvalue weighted by Crippen LogP contribution is -2.44. The molecule has 1 unspecified atom stereocenters. The highest BCUT2D eigenvalue weighted by molar-refractivity contribution is 14.0. The Bertz CT molecular complexity index is 481. The zero-order valence-electron chi connectivity index (χ0n) is 13.3. The Morgan fingerprint density at radius 2 is 2.23 bits per heavy atom. The topological polar surface area (TPSA) is 39.7 Å². The number of nitrogens with zero attached hydrogens (tertiary/aromatic N) is 2. The first-order valence-corrected chi connectivity index (χ1v) is 7.66. The Morgan fingerprint density at radius 3 is 2.91 bits per heavy atom. The molecule has 0 amide bonds. The van der Waals surface area contributed by atoms with Crippen LogP contribution in [-0.2, 0) is 6.54 Å². The molecule has 1 aliphatic rings. The maximum Gasteiger partial charge on any atom is 0.191 e. The van der Waals surface area contributed by atoms with Gasteiger partial charge in [-0.1, -0.05) is 19.1 Å². The van der Waals surface area contributed by atoms with Crippen LogP contribution >= 0.6 is 24.0 Å². The molecule has 2 N–H and O–H groups in total. The third-order valence-corrected chi connectivity index (χ3v) is 3.98. The zero-order chi connectivity index (χ0) is 15.1. The molecule has 0 radical (unpaired) electrons. The Balaban J connectivity index is 0.00000242. The fraction of sp³-hybridized carbons (Fsp3) is 0.562. The molecule has 1 aromatic carbocycles. The van der Waals surface area contributed by atoms with Gasteiger partial charge in [0.15, 0.2) is 5.96 Å². The van der Waals surface area contributed by atoms with Crippen molar-refractivity contribution in [3.63, 3.8) is 0 Å². The molecule has 1 aliphatic heterocycles. The molecule has 1 atom stereocenters. The van der Waals surface area contributed by atoms with Crippen LogP contribution in [0.5, 0.6) is 0 Å². The summed E-state index contributed by atoms with van der Waals surface area (Å²) in [5.41, 5.74) is 0.911.